The number of rotatable bonds is 2. The number of ether oxygens (including phenoxy) is 1. The maximum absolute atomic E-state index is 11.0. The van der Waals surface area contributed by atoms with Crippen molar-refractivity contribution < 1.29 is 9.53 Å². The van der Waals surface area contributed by atoms with E-state index in [1.165, 1.54) is 0 Å². The Morgan fingerprint density at radius 3 is 2.50 bits per heavy atom. The summed E-state index contributed by atoms with van der Waals surface area (Å²) in [7, 11) is 0. The van der Waals surface area contributed by atoms with Gasteiger partial charge in [0.05, 0.1) is 0 Å². The molecule has 0 aromatic heterocycles. The average Bonchev–Trinajstić information content (AvgIpc) is 2.06. The monoisotopic (exact) mass is 165 g/mol. The molecule has 0 aliphatic carbocycles. The third kappa shape index (κ3) is 2.36. The van der Waals surface area contributed by atoms with Gasteiger partial charge in [0.1, 0.15) is 11.8 Å². The van der Waals surface area contributed by atoms with Crippen LogP contribution in [-0.2, 0) is 4.79 Å². The van der Waals surface area contributed by atoms with Crippen molar-refractivity contribution in [2.75, 3.05) is 0 Å². The lowest BCUT2D eigenvalue weighted by atomic mass is 10.3. The highest BCUT2D eigenvalue weighted by Gasteiger charge is 2.08. The highest BCUT2D eigenvalue weighted by atomic mass is 16.5. The second kappa shape index (κ2) is 3.88. The van der Waals surface area contributed by atoms with E-state index in [2.05, 4.69) is 0 Å². The molecule has 0 spiro atoms. The molecule has 0 heterocycles. The SMILES string of the molecule is C[C@@H](N)C(=O)Oc1ccccc1. The summed E-state index contributed by atoms with van der Waals surface area (Å²) < 4.78 is 4.91. The lowest BCUT2D eigenvalue weighted by Gasteiger charge is -2.05. The molecule has 1 aromatic rings. The molecular weight excluding hydrogens is 154 g/mol. The molecule has 64 valence electrons. The molecule has 0 unspecified atom stereocenters. The Kier molecular flexibility index (Phi) is 2.82. The Labute approximate surface area is 71.1 Å². The van der Waals surface area contributed by atoms with Crippen LogP contribution in [-0.4, -0.2) is 12.0 Å². The van der Waals surface area contributed by atoms with Crippen LogP contribution in [0.15, 0.2) is 30.3 Å². The van der Waals surface area contributed by atoms with Gasteiger partial charge in [-0.1, -0.05) is 18.2 Å². The summed E-state index contributed by atoms with van der Waals surface area (Å²) in [6.07, 6.45) is 0. The zero-order valence-corrected chi connectivity index (χ0v) is 6.86. The molecule has 0 aliphatic heterocycles. The highest BCUT2D eigenvalue weighted by Crippen LogP contribution is 2.08. The number of carbonyl (C=O) groups excluding carboxylic acids is 1. The molecule has 0 fully saturated rings. The number of benzene rings is 1. The minimum atomic E-state index is -0.579. The maximum Gasteiger partial charge on any atom is 0.328 e. The third-order valence-electron chi connectivity index (χ3n) is 1.33. The van der Waals surface area contributed by atoms with Crippen LogP contribution in [0.2, 0.25) is 0 Å². The molecule has 1 rings (SSSR count). The van der Waals surface area contributed by atoms with Crippen LogP contribution < -0.4 is 10.5 Å². The molecule has 2 N–H and O–H groups in total. The zero-order valence-electron chi connectivity index (χ0n) is 6.86. The summed E-state index contributed by atoms with van der Waals surface area (Å²) in [5.74, 6) is 0.112. The molecule has 0 aliphatic rings. The molecule has 1 aromatic carbocycles. The quantitative estimate of drug-likeness (QED) is 0.524. The van der Waals surface area contributed by atoms with Crippen molar-refractivity contribution in [2.45, 2.75) is 13.0 Å². The van der Waals surface area contributed by atoms with Crippen LogP contribution in [0.5, 0.6) is 5.75 Å². The number of para-hydroxylation sites is 1. The van der Waals surface area contributed by atoms with Crippen LogP contribution in [0.3, 0.4) is 0 Å². The molecule has 1 atom stereocenters. The molecule has 0 radical (unpaired) electrons. The van der Waals surface area contributed by atoms with Crippen molar-refractivity contribution >= 4 is 5.97 Å². The van der Waals surface area contributed by atoms with Crippen molar-refractivity contribution in [1.82, 2.24) is 0 Å². The van der Waals surface area contributed by atoms with Crippen molar-refractivity contribution in [3.8, 4) is 5.75 Å². The first-order valence-corrected chi connectivity index (χ1v) is 3.72. The predicted octanol–water partition coefficient (Wildman–Crippen LogP) is 0.939. The van der Waals surface area contributed by atoms with E-state index in [0.29, 0.717) is 5.75 Å². The number of hydrogen-bond acceptors (Lipinski definition) is 3. The fraction of sp³-hybridized carbons (Fsp3) is 0.222. The van der Waals surface area contributed by atoms with Crippen LogP contribution >= 0.6 is 0 Å². The zero-order chi connectivity index (χ0) is 8.97. The first kappa shape index (κ1) is 8.74. The summed E-state index contributed by atoms with van der Waals surface area (Å²) in [4.78, 5) is 11.0. The van der Waals surface area contributed by atoms with Gasteiger partial charge in [0.2, 0.25) is 0 Å². The van der Waals surface area contributed by atoms with Crippen LogP contribution in [0.4, 0.5) is 0 Å². The molecule has 3 heteroatoms. The fourth-order valence-electron chi connectivity index (χ4n) is 0.698. The van der Waals surface area contributed by atoms with Crippen molar-refractivity contribution in [3.05, 3.63) is 30.3 Å². The van der Waals surface area contributed by atoms with Gasteiger partial charge in [-0.05, 0) is 19.1 Å². The van der Waals surface area contributed by atoms with Gasteiger partial charge in [0, 0.05) is 0 Å². The lowest BCUT2D eigenvalue weighted by molar-refractivity contribution is -0.135. The van der Waals surface area contributed by atoms with E-state index in [4.69, 9.17) is 10.5 Å². The number of nitrogens with two attached hydrogens (primary N) is 1. The molecule has 0 bridgehead atoms. The molecule has 3 nitrogen and oxygen atoms in total. The number of esters is 1. The molecule has 0 saturated carbocycles. The average molecular weight is 165 g/mol. The van der Waals surface area contributed by atoms with Gasteiger partial charge in [0.15, 0.2) is 0 Å². The van der Waals surface area contributed by atoms with E-state index in [1.807, 2.05) is 6.07 Å². The third-order valence-corrected chi connectivity index (χ3v) is 1.33. The van der Waals surface area contributed by atoms with Gasteiger partial charge < -0.3 is 10.5 Å². The van der Waals surface area contributed by atoms with E-state index in [-0.39, 0.29) is 0 Å². The van der Waals surface area contributed by atoms with Crippen LogP contribution in [0.25, 0.3) is 0 Å². The molecule has 0 amide bonds. The second-order valence-corrected chi connectivity index (χ2v) is 2.52. The van der Waals surface area contributed by atoms with Crippen molar-refractivity contribution in [2.24, 2.45) is 5.73 Å². The van der Waals surface area contributed by atoms with E-state index >= 15 is 0 Å². The van der Waals surface area contributed by atoms with Crippen LogP contribution in [0.1, 0.15) is 6.92 Å². The molecular formula is C9H11NO2. The predicted molar refractivity (Wildman–Crippen MR) is 45.7 cm³/mol. The van der Waals surface area contributed by atoms with Gasteiger partial charge in [0.25, 0.3) is 0 Å². The Hall–Kier alpha value is -1.35. The standard InChI is InChI=1S/C9H11NO2/c1-7(10)9(11)12-8-5-3-2-4-6-8/h2-7H,10H2,1H3/t7-/m1/s1. The Morgan fingerprint density at radius 2 is 2.00 bits per heavy atom. The largest absolute Gasteiger partial charge is 0.425 e. The van der Waals surface area contributed by atoms with Crippen LogP contribution in [0, 0.1) is 0 Å². The Bertz CT molecular complexity index is 256. The van der Waals surface area contributed by atoms with Gasteiger partial charge in [-0.3, -0.25) is 0 Å². The molecule has 0 saturated heterocycles. The Morgan fingerprint density at radius 1 is 1.42 bits per heavy atom. The summed E-state index contributed by atoms with van der Waals surface area (Å²) in [6.45, 7) is 1.59. The highest BCUT2D eigenvalue weighted by molar-refractivity contribution is 5.77. The minimum absolute atomic E-state index is 0.416. The van der Waals surface area contributed by atoms with Crippen molar-refractivity contribution in [3.63, 3.8) is 0 Å². The summed E-state index contributed by atoms with van der Waals surface area (Å²) in [5, 5.41) is 0. The minimum Gasteiger partial charge on any atom is -0.425 e. The first-order valence-electron chi connectivity index (χ1n) is 3.72. The van der Waals surface area contributed by atoms with E-state index in [0.717, 1.165) is 0 Å². The summed E-state index contributed by atoms with van der Waals surface area (Å²) >= 11 is 0. The van der Waals surface area contributed by atoms with Gasteiger partial charge in [-0.2, -0.15) is 0 Å². The molecule has 12 heavy (non-hydrogen) atoms. The fourth-order valence-corrected chi connectivity index (χ4v) is 0.698. The van der Waals surface area contributed by atoms with E-state index < -0.39 is 12.0 Å². The number of hydrogen-bond donors (Lipinski definition) is 1. The maximum atomic E-state index is 11.0. The summed E-state index contributed by atoms with van der Waals surface area (Å²) in [6, 6.07) is 8.28. The van der Waals surface area contributed by atoms with Gasteiger partial charge in [-0.25, -0.2) is 4.79 Å². The van der Waals surface area contributed by atoms with E-state index in [9.17, 15) is 4.79 Å². The van der Waals surface area contributed by atoms with Crippen molar-refractivity contribution in [1.29, 1.82) is 0 Å². The smallest absolute Gasteiger partial charge is 0.328 e. The number of carbonyl (C=O) groups is 1. The van der Waals surface area contributed by atoms with Gasteiger partial charge >= 0.3 is 5.97 Å². The van der Waals surface area contributed by atoms with E-state index in [1.54, 1.807) is 31.2 Å². The normalized spacial score (nSPS) is 12.2. The summed E-state index contributed by atoms with van der Waals surface area (Å²) in [5.41, 5.74) is 5.31. The lowest BCUT2D eigenvalue weighted by Crippen LogP contribution is -2.30. The van der Waals surface area contributed by atoms with Gasteiger partial charge in [-0.15, -0.1) is 0 Å². The first-order chi connectivity index (χ1) is 5.70. The Balaban J connectivity index is 2.59. The topological polar surface area (TPSA) is 52.3 Å². The second-order valence-electron chi connectivity index (χ2n) is 2.52.